The van der Waals surface area contributed by atoms with Crippen molar-refractivity contribution in [2.24, 2.45) is 0 Å². The standard InChI is InChI=1S/C25H23N5O4S/c1-25(2)11-17-18(12-26)21(27-15-7-5-4-6-8-15)30-22(19(17)13-33-25)28-29-24(30)35-14-16-9-10-20(34-16)23(31)32-3/h4-10,27H,11,13-14H2,1-3H3. The molecule has 10 heteroatoms. The molecule has 0 fully saturated rings. The highest BCUT2D eigenvalue weighted by Crippen LogP contribution is 2.38. The van der Waals surface area contributed by atoms with E-state index in [1.54, 1.807) is 12.1 Å². The number of esters is 1. The Hall–Kier alpha value is -3.81. The molecule has 0 radical (unpaired) electrons. The summed E-state index contributed by atoms with van der Waals surface area (Å²) in [5, 5.41) is 23.1. The zero-order valence-electron chi connectivity index (χ0n) is 19.5. The van der Waals surface area contributed by atoms with Crippen LogP contribution >= 0.6 is 11.8 Å². The summed E-state index contributed by atoms with van der Waals surface area (Å²) in [4.78, 5) is 11.7. The van der Waals surface area contributed by atoms with Gasteiger partial charge < -0.3 is 19.2 Å². The predicted molar refractivity (Wildman–Crippen MR) is 130 cm³/mol. The number of hydrogen-bond acceptors (Lipinski definition) is 9. The summed E-state index contributed by atoms with van der Waals surface area (Å²) in [5.74, 6) is 1.21. The first-order chi connectivity index (χ1) is 16.9. The van der Waals surface area contributed by atoms with Crippen molar-refractivity contribution in [3.8, 4) is 6.07 Å². The second-order valence-corrected chi connectivity index (χ2v) is 9.64. The molecule has 4 aromatic rings. The van der Waals surface area contributed by atoms with Crippen molar-refractivity contribution >= 4 is 34.9 Å². The van der Waals surface area contributed by atoms with E-state index in [4.69, 9.17) is 13.9 Å². The zero-order chi connectivity index (χ0) is 24.6. The summed E-state index contributed by atoms with van der Waals surface area (Å²) >= 11 is 1.39. The number of benzene rings is 1. The highest BCUT2D eigenvalue weighted by molar-refractivity contribution is 7.98. The number of fused-ring (bicyclic) bond motifs is 3. The van der Waals surface area contributed by atoms with Crippen LogP contribution in [0.4, 0.5) is 11.5 Å². The maximum atomic E-state index is 11.7. The molecule has 1 aromatic carbocycles. The minimum atomic E-state index is -0.531. The van der Waals surface area contributed by atoms with Crippen LogP contribution < -0.4 is 5.32 Å². The number of carbonyl (C=O) groups is 1. The van der Waals surface area contributed by atoms with Crippen LogP contribution in [-0.4, -0.2) is 33.3 Å². The Balaban J connectivity index is 1.60. The molecule has 0 spiro atoms. The molecule has 9 nitrogen and oxygen atoms in total. The van der Waals surface area contributed by atoms with Gasteiger partial charge in [0.15, 0.2) is 10.8 Å². The lowest BCUT2D eigenvalue weighted by molar-refractivity contribution is -0.0397. The van der Waals surface area contributed by atoms with Crippen molar-refractivity contribution in [3.05, 3.63) is 70.7 Å². The molecule has 0 amide bonds. The molecule has 35 heavy (non-hydrogen) atoms. The molecule has 0 aliphatic carbocycles. The van der Waals surface area contributed by atoms with Crippen LogP contribution in [0.15, 0.2) is 52.0 Å². The topological polar surface area (TPSA) is 115 Å². The van der Waals surface area contributed by atoms with Gasteiger partial charge in [-0.25, -0.2) is 4.79 Å². The summed E-state index contributed by atoms with van der Waals surface area (Å²) < 4.78 is 18.2. The van der Waals surface area contributed by atoms with E-state index in [2.05, 4.69) is 21.6 Å². The summed E-state index contributed by atoms with van der Waals surface area (Å²) in [7, 11) is 1.31. The molecule has 3 aromatic heterocycles. The quantitative estimate of drug-likeness (QED) is 0.299. The molecule has 1 aliphatic rings. The average Bonchev–Trinajstić information content (AvgIpc) is 3.50. The smallest absolute Gasteiger partial charge is 0.373 e. The van der Waals surface area contributed by atoms with E-state index in [-0.39, 0.29) is 5.76 Å². The summed E-state index contributed by atoms with van der Waals surface area (Å²) in [6.07, 6.45) is 0.587. The Morgan fingerprint density at radius 2 is 2.03 bits per heavy atom. The van der Waals surface area contributed by atoms with E-state index in [9.17, 15) is 10.1 Å². The number of furan rings is 1. The van der Waals surface area contributed by atoms with Gasteiger partial charge in [0, 0.05) is 17.7 Å². The fourth-order valence-corrected chi connectivity index (χ4v) is 4.92. The van der Waals surface area contributed by atoms with Gasteiger partial charge in [0.2, 0.25) is 5.76 Å². The first-order valence-electron chi connectivity index (χ1n) is 11.0. The third-order valence-electron chi connectivity index (χ3n) is 5.78. The number of hydrogen-bond donors (Lipinski definition) is 1. The third kappa shape index (κ3) is 4.36. The lowest BCUT2D eigenvalue weighted by Crippen LogP contribution is -2.33. The number of para-hydroxylation sites is 1. The van der Waals surface area contributed by atoms with E-state index in [0.29, 0.717) is 46.7 Å². The monoisotopic (exact) mass is 489 g/mol. The van der Waals surface area contributed by atoms with Crippen LogP contribution in [0.3, 0.4) is 0 Å². The van der Waals surface area contributed by atoms with E-state index in [1.807, 2.05) is 48.6 Å². The molecule has 0 unspecified atom stereocenters. The lowest BCUT2D eigenvalue weighted by Gasteiger charge is -2.33. The fourth-order valence-electron chi connectivity index (χ4n) is 4.09. The largest absolute Gasteiger partial charge is 0.463 e. The third-order valence-corrected chi connectivity index (χ3v) is 6.73. The van der Waals surface area contributed by atoms with Crippen LogP contribution in [-0.2, 0) is 28.3 Å². The molecular weight excluding hydrogens is 466 g/mol. The Bertz CT molecular complexity index is 1450. The van der Waals surface area contributed by atoms with Crippen molar-refractivity contribution in [2.75, 3.05) is 12.4 Å². The number of pyridine rings is 1. The molecule has 0 bridgehead atoms. The molecule has 5 rings (SSSR count). The SMILES string of the molecule is COC(=O)c1ccc(CSc2nnc3c4c(c(C#N)c(Nc5ccccc5)n23)CC(C)(C)OC4)o1. The minimum absolute atomic E-state index is 0.140. The predicted octanol–water partition coefficient (Wildman–Crippen LogP) is 4.87. The Labute approximate surface area is 206 Å². The van der Waals surface area contributed by atoms with Crippen LogP contribution in [0.2, 0.25) is 0 Å². The second-order valence-electron chi connectivity index (χ2n) is 8.70. The van der Waals surface area contributed by atoms with Crippen LogP contribution in [0.5, 0.6) is 0 Å². The maximum Gasteiger partial charge on any atom is 0.373 e. The number of nitrogens with zero attached hydrogens (tertiary/aromatic N) is 4. The molecule has 178 valence electrons. The van der Waals surface area contributed by atoms with Crippen LogP contribution in [0, 0.1) is 11.3 Å². The summed E-state index contributed by atoms with van der Waals surface area (Å²) in [5.41, 5.74) is 3.42. The summed E-state index contributed by atoms with van der Waals surface area (Å²) in [6, 6.07) is 15.4. The highest BCUT2D eigenvalue weighted by Gasteiger charge is 2.33. The molecule has 0 atom stereocenters. The molecule has 4 heterocycles. The Morgan fingerprint density at radius 1 is 1.23 bits per heavy atom. The number of ether oxygens (including phenoxy) is 2. The van der Waals surface area contributed by atoms with E-state index < -0.39 is 11.6 Å². The van der Waals surface area contributed by atoms with Gasteiger partial charge in [0.25, 0.3) is 0 Å². The van der Waals surface area contributed by atoms with Crippen molar-refractivity contribution in [2.45, 2.75) is 43.4 Å². The van der Waals surface area contributed by atoms with Crippen LogP contribution in [0.1, 0.15) is 46.9 Å². The number of thioether (sulfide) groups is 1. The van der Waals surface area contributed by atoms with E-state index >= 15 is 0 Å². The first kappa shape index (κ1) is 23.0. The Morgan fingerprint density at radius 3 is 2.77 bits per heavy atom. The van der Waals surface area contributed by atoms with E-state index in [1.165, 1.54) is 18.9 Å². The number of carbonyl (C=O) groups excluding carboxylic acids is 1. The van der Waals surface area contributed by atoms with Gasteiger partial charge in [-0.15, -0.1) is 10.2 Å². The molecule has 0 saturated carbocycles. The Kier molecular flexibility index (Phi) is 5.96. The van der Waals surface area contributed by atoms with Crippen molar-refractivity contribution in [1.29, 1.82) is 5.26 Å². The molecule has 1 aliphatic heterocycles. The highest BCUT2D eigenvalue weighted by atomic mass is 32.2. The van der Waals surface area contributed by atoms with E-state index in [0.717, 1.165) is 16.8 Å². The normalized spacial score (nSPS) is 14.3. The number of methoxy groups -OCH3 is 1. The van der Waals surface area contributed by atoms with Gasteiger partial charge >= 0.3 is 5.97 Å². The van der Waals surface area contributed by atoms with Gasteiger partial charge in [-0.3, -0.25) is 4.40 Å². The number of rotatable bonds is 6. The number of aromatic nitrogens is 3. The molecule has 1 N–H and O–H groups in total. The fraction of sp³-hybridized carbons (Fsp3) is 0.280. The van der Waals surface area contributed by atoms with Gasteiger partial charge in [0.05, 0.1) is 30.6 Å². The number of nitriles is 1. The minimum Gasteiger partial charge on any atom is -0.463 e. The second kappa shape index (κ2) is 9.09. The van der Waals surface area contributed by atoms with Crippen LogP contribution in [0.25, 0.3) is 5.65 Å². The van der Waals surface area contributed by atoms with Gasteiger partial charge in [-0.1, -0.05) is 30.0 Å². The van der Waals surface area contributed by atoms with Crippen molar-refractivity contribution in [3.63, 3.8) is 0 Å². The van der Waals surface area contributed by atoms with Crippen molar-refractivity contribution < 1.29 is 18.7 Å². The average molecular weight is 490 g/mol. The van der Waals surface area contributed by atoms with Gasteiger partial charge in [-0.2, -0.15) is 5.26 Å². The first-order valence-corrected chi connectivity index (χ1v) is 12.0. The zero-order valence-corrected chi connectivity index (χ0v) is 20.3. The number of nitrogens with one attached hydrogen (secondary N) is 1. The molecular formula is C25H23N5O4S. The maximum absolute atomic E-state index is 11.7. The van der Waals surface area contributed by atoms with Gasteiger partial charge in [0.1, 0.15) is 17.6 Å². The lowest BCUT2D eigenvalue weighted by atomic mass is 9.89. The summed E-state index contributed by atoms with van der Waals surface area (Å²) in [6.45, 7) is 4.38. The molecule has 0 saturated heterocycles. The number of anilines is 2. The van der Waals surface area contributed by atoms with Gasteiger partial charge in [-0.05, 0) is 43.7 Å². The van der Waals surface area contributed by atoms with Crippen molar-refractivity contribution in [1.82, 2.24) is 14.6 Å².